The lowest BCUT2D eigenvalue weighted by atomic mass is 10.1. The maximum atomic E-state index is 6.31. The fourth-order valence-corrected chi connectivity index (χ4v) is 2.47. The average molecular weight is 304 g/mol. The Morgan fingerprint density at radius 1 is 1.10 bits per heavy atom. The van der Waals surface area contributed by atoms with Crippen molar-refractivity contribution in [2.75, 3.05) is 6.54 Å². The van der Waals surface area contributed by atoms with Crippen molar-refractivity contribution in [1.29, 1.82) is 0 Å². The number of rotatable bonds is 5. The molecule has 0 saturated heterocycles. The van der Waals surface area contributed by atoms with Crippen molar-refractivity contribution >= 4 is 11.6 Å². The van der Waals surface area contributed by atoms with E-state index in [0.29, 0.717) is 0 Å². The molecular formula is C18H22ClNO. The van der Waals surface area contributed by atoms with Crippen LogP contribution >= 0.6 is 11.6 Å². The van der Waals surface area contributed by atoms with Gasteiger partial charge in [0.25, 0.3) is 0 Å². The van der Waals surface area contributed by atoms with Crippen LogP contribution < -0.4 is 10.1 Å². The van der Waals surface area contributed by atoms with E-state index in [1.54, 1.807) is 0 Å². The zero-order chi connectivity index (χ0) is 15.4. The fraction of sp³-hybridized carbons (Fsp3) is 0.333. The zero-order valence-electron chi connectivity index (χ0n) is 13.1. The van der Waals surface area contributed by atoms with Crippen molar-refractivity contribution in [3.05, 3.63) is 57.6 Å². The number of hydrogen-bond acceptors (Lipinski definition) is 2. The van der Waals surface area contributed by atoms with E-state index in [0.717, 1.165) is 40.7 Å². The highest BCUT2D eigenvalue weighted by atomic mass is 35.5. The van der Waals surface area contributed by atoms with E-state index in [1.165, 1.54) is 11.1 Å². The van der Waals surface area contributed by atoms with E-state index in [9.17, 15) is 0 Å². The van der Waals surface area contributed by atoms with E-state index < -0.39 is 0 Å². The van der Waals surface area contributed by atoms with E-state index in [4.69, 9.17) is 16.3 Å². The van der Waals surface area contributed by atoms with Gasteiger partial charge >= 0.3 is 0 Å². The molecule has 2 rings (SSSR count). The Labute approximate surface area is 132 Å². The number of halogens is 1. The monoisotopic (exact) mass is 303 g/mol. The molecule has 2 aromatic rings. The van der Waals surface area contributed by atoms with Crippen LogP contribution in [0.2, 0.25) is 5.02 Å². The molecule has 1 N–H and O–H groups in total. The van der Waals surface area contributed by atoms with Gasteiger partial charge < -0.3 is 10.1 Å². The van der Waals surface area contributed by atoms with Crippen LogP contribution in [0, 0.1) is 20.8 Å². The van der Waals surface area contributed by atoms with Gasteiger partial charge in [0.2, 0.25) is 0 Å². The van der Waals surface area contributed by atoms with Crippen molar-refractivity contribution in [3.63, 3.8) is 0 Å². The second kappa shape index (κ2) is 6.97. The summed E-state index contributed by atoms with van der Waals surface area (Å²) in [5.41, 5.74) is 4.68. The van der Waals surface area contributed by atoms with Crippen LogP contribution in [0.1, 0.15) is 29.2 Å². The molecule has 3 heteroatoms. The van der Waals surface area contributed by atoms with E-state index in [1.807, 2.05) is 18.2 Å². The molecule has 2 nitrogen and oxygen atoms in total. The highest BCUT2D eigenvalue weighted by Crippen LogP contribution is 2.30. The molecule has 0 bridgehead atoms. The van der Waals surface area contributed by atoms with Crippen molar-refractivity contribution in [2.24, 2.45) is 0 Å². The molecule has 0 aliphatic heterocycles. The summed E-state index contributed by atoms with van der Waals surface area (Å²) in [5, 5.41) is 4.01. The largest absolute Gasteiger partial charge is 0.457 e. The van der Waals surface area contributed by atoms with Gasteiger partial charge in [-0.25, -0.2) is 0 Å². The van der Waals surface area contributed by atoms with Crippen LogP contribution in [0.4, 0.5) is 0 Å². The van der Waals surface area contributed by atoms with Crippen LogP contribution in [0.25, 0.3) is 0 Å². The summed E-state index contributed by atoms with van der Waals surface area (Å²) in [6.45, 7) is 10.0. The van der Waals surface area contributed by atoms with Crippen LogP contribution in [0.15, 0.2) is 30.3 Å². The molecule has 0 fully saturated rings. The third-order valence-corrected chi connectivity index (χ3v) is 3.93. The lowest BCUT2D eigenvalue weighted by Crippen LogP contribution is -2.11. The van der Waals surface area contributed by atoms with Crippen molar-refractivity contribution in [3.8, 4) is 11.5 Å². The van der Waals surface area contributed by atoms with Crippen LogP contribution in [0.3, 0.4) is 0 Å². The number of nitrogens with one attached hydrogen (secondary N) is 1. The number of ether oxygens (including phenoxy) is 1. The smallest absolute Gasteiger partial charge is 0.130 e. The van der Waals surface area contributed by atoms with Gasteiger partial charge in [0, 0.05) is 11.6 Å². The Balaban J connectivity index is 2.22. The quantitative estimate of drug-likeness (QED) is 0.823. The summed E-state index contributed by atoms with van der Waals surface area (Å²) < 4.78 is 6.01. The maximum absolute atomic E-state index is 6.31. The Bertz CT molecular complexity index is 637. The molecule has 0 aliphatic carbocycles. The van der Waals surface area contributed by atoms with Gasteiger partial charge in [-0.15, -0.1) is 0 Å². The molecule has 0 radical (unpaired) electrons. The Morgan fingerprint density at radius 3 is 2.52 bits per heavy atom. The summed E-state index contributed by atoms with van der Waals surface area (Å²) >= 11 is 6.31. The first-order valence-electron chi connectivity index (χ1n) is 7.26. The molecule has 0 amide bonds. The Morgan fingerprint density at radius 2 is 1.86 bits per heavy atom. The van der Waals surface area contributed by atoms with E-state index in [2.05, 4.69) is 45.1 Å². The van der Waals surface area contributed by atoms with E-state index >= 15 is 0 Å². The Kier molecular flexibility index (Phi) is 5.27. The van der Waals surface area contributed by atoms with Crippen molar-refractivity contribution < 1.29 is 4.74 Å². The standard InChI is InChI=1S/C18H22ClNO/c1-5-20-11-15-6-7-16(10-17(15)19)21-18-9-12(2)8-13(3)14(18)4/h6-10,20H,5,11H2,1-4H3. The maximum Gasteiger partial charge on any atom is 0.130 e. The normalized spacial score (nSPS) is 10.7. The molecule has 0 saturated carbocycles. The highest BCUT2D eigenvalue weighted by molar-refractivity contribution is 6.31. The van der Waals surface area contributed by atoms with Crippen LogP contribution in [-0.2, 0) is 6.54 Å². The summed E-state index contributed by atoms with van der Waals surface area (Å²) in [4.78, 5) is 0. The second-order valence-electron chi connectivity index (χ2n) is 5.34. The van der Waals surface area contributed by atoms with Crippen LogP contribution in [0.5, 0.6) is 11.5 Å². The van der Waals surface area contributed by atoms with Gasteiger partial charge in [0.15, 0.2) is 0 Å². The van der Waals surface area contributed by atoms with Gasteiger partial charge in [-0.3, -0.25) is 0 Å². The first-order chi connectivity index (χ1) is 10.0. The summed E-state index contributed by atoms with van der Waals surface area (Å²) in [5.74, 6) is 1.66. The molecule has 2 aromatic carbocycles. The number of benzene rings is 2. The number of aryl methyl sites for hydroxylation is 2. The lowest BCUT2D eigenvalue weighted by Gasteiger charge is -2.13. The molecular weight excluding hydrogens is 282 g/mol. The van der Waals surface area contributed by atoms with Gasteiger partial charge in [-0.2, -0.15) is 0 Å². The van der Waals surface area contributed by atoms with Crippen molar-refractivity contribution in [1.82, 2.24) is 5.32 Å². The fourth-order valence-electron chi connectivity index (χ4n) is 2.23. The molecule has 0 aliphatic rings. The number of hydrogen-bond donors (Lipinski definition) is 1. The Hall–Kier alpha value is -1.51. The van der Waals surface area contributed by atoms with Crippen LogP contribution in [-0.4, -0.2) is 6.54 Å². The minimum Gasteiger partial charge on any atom is -0.457 e. The first kappa shape index (κ1) is 15.9. The predicted molar refractivity (Wildman–Crippen MR) is 89.6 cm³/mol. The zero-order valence-corrected chi connectivity index (χ0v) is 13.8. The summed E-state index contributed by atoms with van der Waals surface area (Å²) in [7, 11) is 0. The van der Waals surface area contributed by atoms with Crippen molar-refractivity contribution in [2.45, 2.75) is 34.2 Å². The highest BCUT2D eigenvalue weighted by Gasteiger charge is 2.07. The molecule has 112 valence electrons. The van der Waals surface area contributed by atoms with Gasteiger partial charge in [0.05, 0.1) is 0 Å². The third kappa shape index (κ3) is 3.99. The van der Waals surface area contributed by atoms with Gasteiger partial charge in [-0.1, -0.05) is 30.7 Å². The molecule has 0 heterocycles. The minimum absolute atomic E-state index is 0.732. The summed E-state index contributed by atoms with van der Waals surface area (Å²) in [6.07, 6.45) is 0. The lowest BCUT2D eigenvalue weighted by molar-refractivity contribution is 0.477. The molecule has 21 heavy (non-hydrogen) atoms. The predicted octanol–water partition coefficient (Wildman–Crippen LogP) is 5.17. The SMILES string of the molecule is CCNCc1ccc(Oc2cc(C)cc(C)c2C)cc1Cl. The summed E-state index contributed by atoms with van der Waals surface area (Å²) in [6, 6.07) is 10.1. The minimum atomic E-state index is 0.732. The molecule has 0 unspecified atom stereocenters. The molecule has 0 aromatic heterocycles. The molecule has 0 spiro atoms. The second-order valence-corrected chi connectivity index (χ2v) is 5.75. The third-order valence-electron chi connectivity index (χ3n) is 3.58. The van der Waals surface area contributed by atoms with Gasteiger partial charge in [-0.05, 0) is 67.8 Å². The van der Waals surface area contributed by atoms with Gasteiger partial charge in [0.1, 0.15) is 11.5 Å². The topological polar surface area (TPSA) is 21.3 Å². The first-order valence-corrected chi connectivity index (χ1v) is 7.64. The van der Waals surface area contributed by atoms with E-state index in [-0.39, 0.29) is 0 Å². The average Bonchev–Trinajstić information content (AvgIpc) is 2.43. The molecule has 0 atom stereocenters.